The summed E-state index contributed by atoms with van der Waals surface area (Å²) in [7, 11) is 7.01. The number of ether oxygens (including phenoxy) is 1. The molecule has 0 spiro atoms. The molecule has 2 amide bonds. The number of hydrogen-bond acceptors (Lipinski definition) is 4. The predicted molar refractivity (Wildman–Crippen MR) is 95.7 cm³/mol. The molecule has 0 unspecified atom stereocenters. The van der Waals surface area contributed by atoms with E-state index < -0.39 is 5.60 Å². The lowest BCUT2D eigenvalue weighted by atomic mass is 9.87. The quantitative estimate of drug-likeness (QED) is 0.727. The Morgan fingerprint density at radius 3 is 2.80 bits per heavy atom. The zero-order valence-corrected chi connectivity index (χ0v) is 15.6. The molecule has 0 N–H and O–H groups in total. The molecule has 0 radical (unpaired) electrons. The number of methoxy groups -OCH3 is 1. The van der Waals surface area contributed by atoms with Crippen LogP contribution in [0, 0.1) is 0 Å². The molecule has 0 aromatic carbocycles. The number of nitrogens with zero attached hydrogens (tertiary/aromatic N) is 4. The first-order valence-electron chi connectivity index (χ1n) is 8.57. The monoisotopic (exact) mass is 348 g/mol. The Labute approximate surface area is 149 Å². The Kier molecular flexibility index (Phi) is 6.36. The van der Waals surface area contributed by atoms with Gasteiger partial charge in [-0.2, -0.15) is 5.10 Å². The van der Waals surface area contributed by atoms with Crippen LogP contribution in [0.5, 0.6) is 0 Å². The molecule has 1 aliphatic rings. The standard InChI is InChI=1S/C18H28N4O3/c1-20(2)16(23)8-11-18(25-4)10-5-13-22(14-18)17(24)7-6-15-9-12-19-21(15)3/h6-7,9,12H,5,8,10-11,13-14H2,1-4H3/b7-6+/t18-/m0/s1. The van der Waals surface area contributed by atoms with Crippen LogP contribution in [-0.2, 0) is 21.4 Å². The second-order valence-electron chi connectivity index (χ2n) is 6.75. The Morgan fingerprint density at radius 1 is 1.44 bits per heavy atom. The zero-order valence-electron chi connectivity index (χ0n) is 15.6. The summed E-state index contributed by atoms with van der Waals surface area (Å²) in [5.74, 6) is 0.0391. The first-order valence-corrected chi connectivity index (χ1v) is 8.57. The van der Waals surface area contributed by atoms with E-state index in [2.05, 4.69) is 5.10 Å². The van der Waals surface area contributed by atoms with E-state index in [0.29, 0.717) is 25.9 Å². The van der Waals surface area contributed by atoms with Gasteiger partial charge in [-0.3, -0.25) is 14.3 Å². The second-order valence-corrected chi connectivity index (χ2v) is 6.75. The van der Waals surface area contributed by atoms with E-state index in [1.165, 1.54) is 0 Å². The van der Waals surface area contributed by atoms with Crippen molar-refractivity contribution in [2.75, 3.05) is 34.3 Å². The lowest BCUT2D eigenvalue weighted by molar-refractivity contribution is -0.138. The first-order chi connectivity index (χ1) is 11.9. The summed E-state index contributed by atoms with van der Waals surface area (Å²) in [5.41, 5.74) is 0.430. The van der Waals surface area contributed by atoms with E-state index >= 15 is 0 Å². The minimum atomic E-state index is -0.444. The molecule has 1 saturated heterocycles. The molecule has 0 saturated carbocycles. The molecule has 1 aliphatic heterocycles. The molecule has 0 aliphatic carbocycles. The van der Waals surface area contributed by atoms with Gasteiger partial charge >= 0.3 is 0 Å². The maximum Gasteiger partial charge on any atom is 0.246 e. The van der Waals surface area contributed by atoms with E-state index in [1.807, 2.05) is 13.1 Å². The minimum Gasteiger partial charge on any atom is -0.376 e. The summed E-state index contributed by atoms with van der Waals surface area (Å²) in [6.07, 6.45) is 7.82. The third kappa shape index (κ3) is 4.92. The summed E-state index contributed by atoms with van der Waals surface area (Å²) < 4.78 is 7.47. The lowest BCUT2D eigenvalue weighted by Crippen LogP contribution is -2.51. The van der Waals surface area contributed by atoms with Crippen LogP contribution >= 0.6 is 0 Å². The number of carbonyl (C=O) groups is 2. The summed E-state index contributed by atoms with van der Waals surface area (Å²) in [6.45, 7) is 1.22. The maximum absolute atomic E-state index is 12.5. The number of likely N-dealkylation sites (tertiary alicyclic amines) is 1. The fourth-order valence-corrected chi connectivity index (χ4v) is 3.13. The van der Waals surface area contributed by atoms with E-state index in [9.17, 15) is 9.59 Å². The molecule has 7 heteroatoms. The molecule has 7 nitrogen and oxygen atoms in total. The molecular weight excluding hydrogens is 320 g/mol. The SMILES string of the molecule is CO[C@]1(CCC(=O)N(C)C)CCCN(C(=O)/C=C/c2ccnn2C)C1. The Bertz CT molecular complexity index is 638. The van der Waals surface area contributed by atoms with Crippen molar-refractivity contribution in [2.24, 2.45) is 7.05 Å². The van der Waals surface area contributed by atoms with Crippen LogP contribution in [0.1, 0.15) is 31.4 Å². The molecular formula is C18H28N4O3. The number of rotatable bonds is 6. The normalized spacial score (nSPS) is 20.9. The number of hydrogen-bond donors (Lipinski definition) is 0. The van der Waals surface area contributed by atoms with Gasteiger partial charge in [-0.15, -0.1) is 0 Å². The smallest absolute Gasteiger partial charge is 0.246 e. The topological polar surface area (TPSA) is 67.7 Å². The number of amides is 2. The predicted octanol–water partition coefficient (Wildman–Crippen LogP) is 1.31. The summed E-state index contributed by atoms with van der Waals surface area (Å²) in [6, 6.07) is 1.85. The number of aromatic nitrogens is 2. The molecule has 2 rings (SSSR count). The molecule has 0 bridgehead atoms. The van der Waals surface area contributed by atoms with Crippen molar-refractivity contribution in [3.63, 3.8) is 0 Å². The van der Waals surface area contributed by atoms with Crippen molar-refractivity contribution in [1.29, 1.82) is 0 Å². The Morgan fingerprint density at radius 2 is 2.20 bits per heavy atom. The molecule has 1 aromatic heterocycles. The first kappa shape index (κ1) is 19.2. The molecule has 1 atom stereocenters. The van der Waals surface area contributed by atoms with Crippen LogP contribution in [-0.4, -0.2) is 71.3 Å². The van der Waals surface area contributed by atoms with Crippen LogP contribution < -0.4 is 0 Å². The minimum absolute atomic E-state index is 0.0405. The summed E-state index contributed by atoms with van der Waals surface area (Å²) in [5, 5.41) is 4.08. The van der Waals surface area contributed by atoms with E-state index in [1.54, 1.807) is 54.0 Å². The van der Waals surface area contributed by atoms with Crippen molar-refractivity contribution in [1.82, 2.24) is 19.6 Å². The van der Waals surface area contributed by atoms with Crippen LogP contribution in [0.25, 0.3) is 6.08 Å². The summed E-state index contributed by atoms with van der Waals surface area (Å²) >= 11 is 0. The van der Waals surface area contributed by atoms with E-state index in [4.69, 9.17) is 4.74 Å². The average molecular weight is 348 g/mol. The van der Waals surface area contributed by atoms with Crippen molar-refractivity contribution < 1.29 is 14.3 Å². The van der Waals surface area contributed by atoms with Gasteiger partial charge in [0.2, 0.25) is 11.8 Å². The molecule has 25 heavy (non-hydrogen) atoms. The second kappa shape index (κ2) is 8.29. The van der Waals surface area contributed by atoms with Crippen molar-refractivity contribution in [2.45, 2.75) is 31.3 Å². The van der Waals surface area contributed by atoms with Crippen molar-refractivity contribution >= 4 is 17.9 Å². The highest BCUT2D eigenvalue weighted by atomic mass is 16.5. The van der Waals surface area contributed by atoms with Gasteiger partial charge < -0.3 is 14.5 Å². The summed E-state index contributed by atoms with van der Waals surface area (Å²) in [4.78, 5) is 27.8. The van der Waals surface area contributed by atoms with Crippen LogP contribution in [0.2, 0.25) is 0 Å². The van der Waals surface area contributed by atoms with Gasteiger partial charge in [-0.25, -0.2) is 0 Å². The van der Waals surface area contributed by atoms with Crippen LogP contribution in [0.3, 0.4) is 0 Å². The maximum atomic E-state index is 12.5. The molecule has 2 heterocycles. The average Bonchev–Trinajstić information content (AvgIpc) is 3.02. The number of carbonyl (C=O) groups excluding carboxylic acids is 2. The molecule has 1 fully saturated rings. The van der Waals surface area contributed by atoms with Gasteiger partial charge in [0.15, 0.2) is 0 Å². The van der Waals surface area contributed by atoms with Crippen molar-refractivity contribution in [3.8, 4) is 0 Å². The van der Waals surface area contributed by atoms with Gasteiger partial charge in [0.25, 0.3) is 0 Å². The van der Waals surface area contributed by atoms with Crippen molar-refractivity contribution in [3.05, 3.63) is 24.0 Å². The highest BCUT2D eigenvalue weighted by Crippen LogP contribution is 2.29. The third-order valence-electron chi connectivity index (χ3n) is 4.83. The number of piperidine rings is 1. The Balaban J connectivity index is 2.00. The molecule has 138 valence electrons. The molecule has 1 aromatic rings. The highest BCUT2D eigenvalue weighted by molar-refractivity contribution is 5.91. The van der Waals surface area contributed by atoms with Gasteiger partial charge in [0.1, 0.15) is 0 Å². The van der Waals surface area contributed by atoms with Gasteiger partial charge in [-0.1, -0.05) is 0 Å². The van der Waals surface area contributed by atoms with Gasteiger partial charge in [-0.05, 0) is 31.4 Å². The van der Waals surface area contributed by atoms with Crippen LogP contribution in [0.4, 0.5) is 0 Å². The lowest BCUT2D eigenvalue weighted by Gasteiger charge is -2.41. The fourth-order valence-electron chi connectivity index (χ4n) is 3.13. The third-order valence-corrected chi connectivity index (χ3v) is 4.83. The van der Waals surface area contributed by atoms with Gasteiger partial charge in [0.05, 0.1) is 11.3 Å². The van der Waals surface area contributed by atoms with Crippen LogP contribution in [0.15, 0.2) is 18.3 Å². The highest BCUT2D eigenvalue weighted by Gasteiger charge is 2.37. The van der Waals surface area contributed by atoms with E-state index in [-0.39, 0.29) is 11.8 Å². The fraction of sp³-hybridized carbons (Fsp3) is 0.611. The van der Waals surface area contributed by atoms with Gasteiger partial charge in [0, 0.05) is 60.0 Å². The van der Waals surface area contributed by atoms with E-state index in [0.717, 1.165) is 18.5 Å². The number of aryl methyl sites for hydroxylation is 1. The largest absolute Gasteiger partial charge is 0.376 e. The Hall–Kier alpha value is -2.15. The zero-order chi connectivity index (χ0) is 18.4.